The molecule has 0 aromatic carbocycles. The summed E-state index contributed by atoms with van der Waals surface area (Å²) in [4.78, 5) is 15.1. The number of nitrogen functional groups attached to an aromatic ring is 1. The molecular formula is C11H18N4O3S. The number of amides is 1. The zero-order chi connectivity index (χ0) is 14.5. The minimum absolute atomic E-state index is 0.0803. The maximum atomic E-state index is 12.2. The summed E-state index contributed by atoms with van der Waals surface area (Å²) in [6.07, 6.45) is 2.19. The Balaban J connectivity index is 2.84. The molecule has 0 spiro atoms. The van der Waals surface area contributed by atoms with E-state index in [2.05, 4.69) is 10.3 Å². The third-order valence-corrected chi connectivity index (χ3v) is 4.28. The predicted octanol–water partition coefficient (Wildman–Crippen LogP) is -0.189. The minimum atomic E-state index is -3.80. The van der Waals surface area contributed by atoms with Gasteiger partial charge in [-0.3, -0.25) is 4.79 Å². The Labute approximate surface area is 112 Å². The third-order valence-electron chi connectivity index (χ3n) is 2.43. The molecule has 0 bridgehead atoms. The molecule has 0 fully saturated rings. The molecule has 0 aliphatic rings. The summed E-state index contributed by atoms with van der Waals surface area (Å²) in [5.41, 5.74) is 5.54. The van der Waals surface area contributed by atoms with Gasteiger partial charge in [-0.25, -0.2) is 13.4 Å². The normalized spacial score (nSPS) is 11.5. The van der Waals surface area contributed by atoms with E-state index >= 15 is 0 Å². The summed E-state index contributed by atoms with van der Waals surface area (Å²) >= 11 is 0. The van der Waals surface area contributed by atoms with Crippen LogP contribution >= 0.6 is 0 Å². The topological polar surface area (TPSA) is 105 Å². The van der Waals surface area contributed by atoms with Crippen molar-refractivity contribution in [3.63, 3.8) is 0 Å². The number of nitrogens with two attached hydrogens (primary N) is 1. The summed E-state index contributed by atoms with van der Waals surface area (Å²) in [7, 11) is -2.48. The molecule has 3 N–H and O–H groups in total. The third kappa shape index (κ3) is 3.90. The van der Waals surface area contributed by atoms with Gasteiger partial charge in [0, 0.05) is 19.8 Å². The van der Waals surface area contributed by atoms with Crippen LogP contribution in [-0.4, -0.2) is 43.8 Å². The van der Waals surface area contributed by atoms with Crippen LogP contribution in [0.2, 0.25) is 0 Å². The first-order chi connectivity index (χ1) is 8.89. The van der Waals surface area contributed by atoms with E-state index in [0.717, 1.165) is 10.7 Å². The van der Waals surface area contributed by atoms with Crippen LogP contribution in [0.15, 0.2) is 23.2 Å². The number of carbonyl (C=O) groups is 1. The largest absolute Gasteiger partial charge is 0.383 e. The van der Waals surface area contributed by atoms with Gasteiger partial charge in [-0.2, -0.15) is 4.31 Å². The quantitative estimate of drug-likeness (QED) is 0.754. The standard InChI is InChI=1S/C11H18N4O3S/c1-3-6-13-10(16)8-15(2)19(17,18)9-5-4-7-14-11(9)12/h4-5,7H,3,6,8H2,1-2H3,(H2,12,14)(H,13,16). The Bertz CT molecular complexity index is 545. The zero-order valence-electron chi connectivity index (χ0n) is 11.0. The summed E-state index contributed by atoms with van der Waals surface area (Å²) in [6, 6.07) is 2.84. The minimum Gasteiger partial charge on any atom is -0.383 e. The van der Waals surface area contributed by atoms with Crippen LogP contribution in [0.4, 0.5) is 5.82 Å². The van der Waals surface area contributed by atoms with Crippen molar-refractivity contribution < 1.29 is 13.2 Å². The van der Waals surface area contributed by atoms with E-state index in [4.69, 9.17) is 5.73 Å². The SMILES string of the molecule is CCCNC(=O)CN(C)S(=O)(=O)c1cccnc1N. The smallest absolute Gasteiger partial charge is 0.246 e. The summed E-state index contributed by atoms with van der Waals surface area (Å²) < 4.78 is 25.3. The molecule has 8 heteroatoms. The number of pyridine rings is 1. The highest BCUT2D eigenvalue weighted by Crippen LogP contribution is 2.18. The predicted molar refractivity (Wildman–Crippen MR) is 71.8 cm³/mol. The summed E-state index contributed by atoms with van der Waals surface area (Å²) in [5.74, 6) is -0.432. The molecule has 0 aliphatic heterocycles. The Morgan fingerprint density at radius 2 is 2.21 bits per heavy atom. The van der Waals surface area contributed by atoms with E-state index in [-0.39, 0.29) is 23.2 Å². The van der Waals surface area contributed by atoms with E-state index in [1.807, 2.05) is 6.92 Å². The summed E-state index contributed by atoms with van der Waals surface area (Å²) in [6.45, 7) is 2.18. The van der Waals surface area contributed by atoms with Gasteiger partial charge in [-0.15, -0.1) is 0 Å². The van der Waals surface area contributed by atoms with Crippen molar-refractivity contribution in [2.24, 2.45) is 0 Å². The molecule has 0 saturated heterocycles. The second-order valence-electron chi connectivity index (χ2n) is 4.00. The van der Waals surface area contributed by atoms with Crippen LogP contribution < -0.4 is 11.1 Å². The van der Waals surface area contributed by atoms with Crippen LogP contribution in [0.1, 0.15) is 13.3 Å². The van der Waals surface area contributed by atoms with E-state index in [1.54, 1.807) is 0 Å². The van der Waals surface area contributed by atoms with Gasteiger partial charge in [-0.05, 0) is 18.6 Å². The molecule has 0 saturated carbocycles. The first-order valence-corrected chi connectivity index (χ1v) is 7.27. The number of anilines is 1. The molecular weight excluding hydrogens is 268 g/mol. The number of nitrogens with one attached hydrogen (secondary N) is 1. The number of hydrogen-bond donors (Lipinski definition) is 2. The number of rotatable bonds is 6. The van der Waals surface area contributed by atoms with Crippen molar-refractivity contribution in [2.45, 2.75) is 18.2 Å². The van der Waals surface area contributed by atoms with E-state index in [0.29, 0.717) is 6.54 Å². The van der Waals surface area contributed by atoms with Crippen LogP contribution in [0.25, 0.3) is 0 Å². The number of likely N-dealkylation sites (N-methyl/N-ethyl adjacent to an activating group) is 1. The molecule has 0 aliphatic carbocycles. The van der Waals surface area contributed by atoms with E-state index in [1.165, 1.54) is 25.4 Å². The molecule has 0 atom stereocenters. The lowest BCUT2D eigenvalue weighted by Gasteiger charge is -2.17. The van der Waals surface area contributed by atoms with Gasteiger partial charge in [0.05, 0.1) is 6.54 Å². The molecule has 1 heterocycles. The second-order valence-corrected chi connectivity index (χ2v) is 6.01. The highest BCUT2D eigenvalue weighted by molar-refractivity contribution is 7.89. The highest BCUT2D eigenvalue weighted by Gasteiger charge is 2.25. The number of sulfonamides is 1. The number of nitrogens with zero attached hydrogens (tertiary/aromatic N) is 2. The number of hydrogen-bond acceptors (Lipinski definition) is 5. The summed E-state index contributed by atoms with van der Waals surface area (Å²) in [5, 5.41) is 2.61. The second kappa shape index (κ2) is 6.48. The van der Waals surface area contributed by atoms with Crippen molar-refractivity contribution >= 4 is 21.7 Å². The molecule has 106 valence electrons. The van der Waals surface area contributed by atoms with Gasteiger partial charge >= 0.3 is 0 Å². The van der Waals surface area contributed by atoms with Crippen molar-refractivity contribution in [1.82, 2.24) is 14.6 Å². The molecule has 1 amide bonds. The maximum absolute atomic E-state index is 12.2. The molecule has 0 radical (unpaired) electrons. The van der Waals surface area contributed by atoms with E-state index in [9.17, 15) is 13.2 Å². The number of carbonyl (C=O) groups excluding carboxylic acids is 1. The van der Waals surface area contributed by atoms with Gasteiger partial charge in [0.2, 0.25) is 15.9 Å². The van der Waals surface area contributed by atoms with Crippen LogP contribution in [0.3, 0.4) is 0 Å². The fourth-order valence-electron chi connectivity index (χ4n) is 1.40. The molecule has 0 unspecified atom stereocenters. The van der Waals surface area contributed by atoms with Crippen molar-refractivity contribution in [3.05, 3.63) is 18.3 Å². The maximum Gasteiger partial charge on any atom is 0.246 e. The lowest BCUT2D eigenvalue weighted by atomic mass is 10.4. The first-order valence-electron chi connectivity index (χ1n) is 5.83. The average Bonchev–Trinajstić information content (AvgIpc) is 2.36. The monoisotopic (exact) mass is 286 g/mol. The van der Waals surface area contributed by atoms with Crippen molar-refractivity contribution in [3.8, 4) is 0 Å². The molecule has 1 aromatic rings. The molecule has 7 nitrogen and oxygen atoms in total. The van der Waals surface area contributed by atoms with Crippen molar-refractivity contribution in [2.75, 3.05) is 25.9 Å². The molecule has 19 heavy (non-hydrogen) atoms. The lowest BCUT2D eigenvalue weighted by molar-refractivity contribution is -0.121. The highest BCUT2D eigenvalue weighted by atomic mass is 32.2. The first kappa shape index (κ1) is 15.4. The van der Waals surface area contributed by atoms with Crippen molar-refractivity contribution in [1.29, 1.82) is 0 Å². The van der Waals surface area contributed by atoms with Crippen LogP contribution in [0.5, 0.6) is 0 Å². The molecule has 1 rings (SSSR count). The van der Waals surface area contributed by atoms with Gasteiger partial charge in [0.25, 0.3) is 0 Å². The number of aromatic nitrogens is 1. The van der Waals surface area contributed by atoms with E-state index < -0.39 is 10.0 Å². The Morgan fingerprint density at radius 3 is 2.79 bits per heavy atom. The van der Waals surface area contributed by atoms with Crippen LogP contribution in [0, 0.1) is 0 Å². The van der Waals surface area contributed by atoms with Gasteiger partial charge in [-0.1, -0.05) is 6.92 Å². The lowest BCUT2D eigenvalue weighted by Crippen LogP contribution is -2.38. The fourth-order valence-corrected chi connectivity index (χ4v) is 2.59. The Morgan fingerprint density at radius 1 is 1.53 bits per heavy atom. The Kier molecular flexibility index (Phi) is 5.25. The zero-order valence-corrected chi connectivity index (χ0v) is 11.8. The van der Waals surface area contributed by atoms with Gasteiger partial charge < -0.3 is 11.1 Å². The molecule has 1 aromatic heterocycles. The fraction of sp³-hybridized carbons (Fsp3) is 0.455. The Hall–Kier alpha value is -1.67. The average molecular weight is 286 g/mol. The van der Waals surface area contributed by atoms with Crippen LogP contribution in [-0.2, 0) is 14.8 Å². The van der Waals surface area contributed by atoms with Gasteiger partial charge in [0.15, 0.2) is 0 Å². The van der Waals surface area contributed by atoms with Gasteiger partial charge in [0.1, 0.15) is 10.7 Å².